The minimum atomic E-state index is -0.552. The van der Waals surface area contributed by atoms with Gasteiger partial charge < -0.3 is 14.2 Å². The van der Waals surface area contributed by atoms with Crippen LogP contribution in [0, 0.1) is 0 Å². The van der Waals surface area contributed by atoms with Crippen molar-refractivity contribution in [1.29, 1.82) is 0 Å². The van der Waals surface area contributed by atoms with Crippen LogP contribution in [-0.4, -0.2) is 43.8 Å². The van der Waals surface area contributed by atoms with Gasteiger partial charge in [-0.25, -0.2) is 4.79 Å². The Bertz CT molecular complexity index is 501. The maximum Gasteiger partial charge on any atom is 0.334 e. The van der Waals surface area contributed by atoms with Crippen molar-refractivity contribution in [3.63, 3.8) is 0 Å². The van der Waals surface area contributed by atoms with Gasteiger partial charge in [0.15, 0.2) is 0 Å². The monoisotopic (exact) mass is 338 g/mol. The van der Waals surface area contributed by atoms with Gasteiger partial charge in [-0.2, -0.15) is 11.8 Å². The Hall–Kier alpha value is -1.95. The Morgan fingerprint density at radius 3 is 2.52 bits per heavy atom. The van der Waals surface area contributed by atoms with Crippen LogP contribution in [0.15, 0.2) is 42.5 Å². The summed E-state index contributed by atoms with van der Waals surface area (Å²) in [6.07, 6.45) is 2.34. The molecule has 0 bridgehead atoms. The normalized spacial score (nSPS) is 9.96. The predicted octanol–water partition coefficient (Wildman–Crippen LogP) is 2.85. The number of thioether (sulfide) groups is 1. The van der Waals surface area contributed by atoms with E-state index in [1.807, 2.05) is 36.6 Å². The molecule has 23 heavy (non-hydrogen) atoms. The molecule has 0 atom stereocenters. The molecule has 0 N–H and O–H groups in total. The van der Waals surface area contributed by atoms with E-state index in [0.29, 0.717) is 25.4 Å². The molecule has 0 unspecified atom stereocenters. The maximum atomic E-state index is 11.6. The number of hydrogen-bond acceptors (Lipinski definition) is 6. The van der Waals surface area contributed by atoms with Crippen LogP contribution < -0.4 is 4.74 Å². The van der Waals surface area contributed by atoms with E-state index in [9.17, 15) is 9.59 Å². The van der Waals surface area contributed by atoms with Gasteiger partial charge in [0.25, 0.3) is 0 Å². The van der Waals surface area contributed by atoms with E-state index in [4.69, 9.17) is 14.2 Å². The fraction of sp³-hybridized carbons (Fsp3) is 0.412. The van der Waals surface area contributed by atoms with E-state index in [0.717, 1.165) is 5.75 Å². The predicted molar refractivity (Wildman–Crippen MR) is 90.6 cm³/mol. The van der Waals surface area contributed by atoms with Gasteiger partial charge >= 0.3 is 11.9 Å². The van der Waals surface area contributed by atoms with Gasteiger partial charge in [-0.15, -0.1) is 0 Å². The van der Waals surface area contributed by atoms with Crippen molar-refractivity contribution in [3.05, 3.63) is 42.5 Å². The molecule has 0 heterocycles. The number of carbonyl (C=O) groups excluding carboxylic acids is 2. The molecule has 0 radical (unpaired) electrons. The molecule has 0 saturated carbocycles. The number of carbonyl (C=O) groups is 2. The van der Waals surface area contributed by atoms with Crippen molar-refractivity contribution >= 4 is 23.7 Å². The quantitative estimate of drug-likeness (QED) is 0.351. The lowest BCUT2D eigenvalue weighted by Gasteiger charge is -2.08. The highest BCUT2D eigenvalue weighted by Gasteiger charge is 2.14. The molecular formula is C17H22O5S. The van der Waals surface area contributed by atoms with Gasteiger partial charge in [-0.05, 0) is 18.4 Å². The van der Waals surface area contributed by atoms with Gasteiger partial charge in [0, 0.05) is 17.7 Å². The molecule has 0 aliphatic heterocycles. The molecule has 0 saturated heterocycles. The smallest absolute Gasteiger partial charge is 0.334 e. The summed E-state index contributed by atoms with van der Waals surface area (Å²) in [6, 6.07) is 9.41. The van der Waals surface area contributed by atoms with Crippen LogP contribution in [0.2, 0.25) is 0 Å². The van der Waals surface area contributed by atoms with Crippen molar-refractivity contribution in [3.8, 4) is 5.75 Å². The molecule has 0 aliphatic carbocycles. The van der Waals surface area contributed by atoms with Crippen LogP contribution in [0.4, 0.5) is 0 Å². The number of rotatable bonds is 11. The number of esters is 2. The zero-order valence-electron chi connectivity index (χ0n) is 13.3. The molecule has 1 rings (SSSR count). The molecule has 1 aromatic carbocycles. The van der Waals surface area contributed by atoms with Gasteiger partial charge in [0.2, 0.25) is 0 Å². The van der Waals surface area contributed by atoms with E-state index in [1.54, 1.807) is 11.8 Å². The van der Waals surface area contributed by atoms with Gasteiger partial charge in [-0.1, -0.05) is 24.8 Å². The van der Waals surface area contributed by atoms with E-state index >= 15 is 0 Å². The van der Waals surface area contributed by atoms with Gasteiger partial charge in [0.05, 0.1) is 19.6 Å². The van der Waals surface area contributed by atoms with Gasteiger partial charge in [-0.3, -0.25) is 4.79 Å². The largest absolute Gasteiger partial charge is 0.493 e. The van der Waals surface area contributed by atoms with E-state index in [-0.39, 0.29) is 18.6 Å². The lowest BCUT2D eigenvalue weighted by Crippen LogP contribution is -2.15. The molecule has 6 heteroatoms. The Balaban J connectivity index is 2.09. The highest BCUT2D eigenvalue weighted by molar-refractivity contribution is 7.98. The summed E-state index contributed by atoms with van der Waals surface area (Å²) in [7, 11) is 0. The van der Waals surface area contributed by atoms with E-state index < -0.39 is 11.9 Å². The van der Waals surface area contributed by atoms with Crippen molar-refractivity contribution in [2.75, 3.05) is 31.8 Å². The second kappa shape index (κ2) is 11.6. The summed E-state index contributed by atoms with van der Waals surface area (Å²) in [5.41, 5.74) is 0.108. The fourth-order valence-corrected chi connectivity index (χ4v) is 1.82. The summed E-state index contributed by atoms with van der Waals surface area (Å²) >= 11 is 1.57. The van der Waals surface area contributed by atoms with Crippen molar-refractivity contribution < 1.29 is 23.8 Å². The number of benzene rings is 1. The molecular weight excluding hydrogens is 316 g/mol. The summed E-state index contributed by atoms with van der Waals surface area (Å²) < 4.78 is 15.5. The third-order valence-corrected chi connectivity index (χ3v) is 3.31. The van der Waals surface area contributed by atoms with Crippen molar-refractivity contribution in [2.24, 2.45) is 0 Å². The van der Waals surface area contributed by atoms with E-state index in [1.165, 1.54) is 0 Å². The lowest BCUT2D eigenvalue weighted by atomic mass is 10.2. The second-order valence-corrected chi connectivity index (χ2v) is 5.63. The third-order valence-electron chi connectivity index (χ3n) is 2.73. The Morgan fingerprint density at radius 1 is 1.09 bits per heavy atom. The second-order valence-electron chi connectivity index (χ2n) is 4.64. The molecule has 0 spiro atoms. The molecule has 5 nitrogen and oxygen atoms in total. The van der Waals surface area contributed by atoms with Crippen LogP contribution in [0.25, 0.3) is 0 Å². The average molecular weight is 338 g/mol. The summed E-state index contributed by atoms with van der Waals surface area (Å²) in [6.45, 7) is 4.55. The molecule has 0 amide bonds. The highest BCUT2D eigenvalue weighted by Crippen LogP contribution is 2.08. The van der Waals surface area contributed by atoms with Crippen LogP contribution in [0.1, 0.15) is 12.8 Å². The Kier molecular flexibility index (Phi) is 9.63. The zero-order valence-corrected chi connectivity index (χ0v) is 14.1. The topological polar surface area (TPSA) is 61.8 Å². The highest BCUT2D eigenvalue weighted by atomic mass is 32.2. The number of ether oxygens (including phenoxy) is 3. The molecule has 0 fully saturated rings. The molecule has 126 valence electrons. The van der Waals surface area contributed by atoms with Gasteiger partial charge in [0.1, 0.15) is 12.4 Å². The summed E-state index contributed by atoms with van der Waals surface area (Å²) in [4.78, 5) is 23.1. The average Bonchev–Trinajstić information content (AvgIpc) is 2.55. The first-order chi connectivity index (χ1) is 11.1. The van der Waals surface area contributed by atoms with Crippen molar-refractivity contribution in [1.82, 2.24) is 0 Å². The molecule has 0 aliphatic rings. The Labute approximate surface area is 141 Å². The standard InChI is InChI=1S/C17H22O5S/c1-14(17(19)22-11-12-23-2)13-16(18)21-10-6-9-20-15-7-4-3-5-8-15/h3-5,7-8H,1,6,9-13H2,2H3. The Morgan fingerprint density at radius 2 is 1.83 bits per heavy atom. The SMILES string of the molecule is C=C(CC(=O)OCCCOc1ccccc1)C(=O)OCCSC. The molecule has 0 aromatic heterocycles. The van der Waals surface area contributed by atoms with Crippen LogP contribution >= 0.6 is 11.8 Å². The van der Waals surface area contributed by atoms with Crippen LogP contribution in [0.5, 0.6) is 5.75 Å². The summed E-state index contributed by atoms with van der Waals surface area (Å²) in [5, 5.41) is 0. The zero-order chi connectivity index (χ0) is 16.9. The molecule has 1 aromatic rings. The maximum absolute atomic E-state index is 11.6. The third kappa shape index (κ3) is 8.93. The van der Waals surface area contributed by atoms with Crippen LogP contribution in [0.3, 0.4) is 0 Å². The first-order valence-electron chi connectivity index (χ1n) is 7.30. The van der Waals surface area contributed by atoms with Crippen molar-refractivity contribution in [2.45, 2.75) is 12.8 Å². The number of hydrogen-bond donors (Lipinski definition) is 0. The first-order valence-corrected chi connectivity index (χ1v) is 8.70. The minimum absolute atomic E-state index is 0.108. The lowest BCUT2D eigenvalue weighted by molar-refractivity contribution is -0.146. The first kappa shape index (κ1) is 19.1. The fourth-order valence-electron chi connectivity index (χ4n) is 1.57. The number of para-hydroxylation sites is 1. The van der Waals surface area contributed by atoms with E-state index in [2.05, 4.69) is 6.58 Å². The van der Waals surface area contributed by atoms with Crippen LogP contribution in [-0.2, 0) is 19.1 Å². The summed E-state index contributed by atoms with van der Waals surface area (Å²) in [5.74, 6) is 0.449. The minimum Gasteiger partial charge on any atom is -0.493 e.